The van der Waals surface area contributed by atoms with Crippen LogP contribution in [0.15, 0.2) is 41.5 Å². The van der Waals surface area contributed by atoms with Gasteiger partial charge >= 0.3 is 0 Å². The van der Waals surface area contributed by atoms with Gasteiger partial charge in [-0.2, -0.15) is 5.10 Å². The number of nitrogens with zero attached hydrogens (tertiary/aromatic N) is 6. The van der Waals surface area contributed by atoms with Crippen LogP contribution in [0.25, 0.3) is 21.9 Å². The van der Waals surface area contributed by atoms with Crippen molar-refractivity contribution < 1.29 is 4.74 Å². The Bertz CT molecular complexity index is 1340. The Morgan fingerprint density at radius 3 is 2.94 bits per heavy atom. The average Bonchev–Trinajstić information content (AvgIpc) is 3.20. The first-order chi connectivity index (χ1) is 15.6. The molecule has 0 spiro atoms. The maximum atomic E-state index is 13.5. The topological polar surface area (TPSA) is 104 Å². The van der Waals surface area contributed by atoms with Gasteiger partial charge in [0.2, 0.25) is 5.95 Å². The molecule has 9 nitrogen and oxygen atoms in total. The molecule has 5 rings (SSSR count). The van der Waals surface area contributed by atoms with Crippen molar-refractivity contribution in [3.63, 3.8) is 0 Å². The first-order valence-electron chi connectivity index (χ1n) is 11.0. The lowest BCUT2D eigenvalue weighted by Gasteiger charge is -2.31. The van der Waals surface area contributed by atoms with E-state index in [2.05, 4.69) is 15.0 Å². The van der Waals surface area contributed by atoms with Crippen LogP contribution < -0.4 is 20.9 Å². The van der Waals surface area contributed by atoms with Crippen LogP contribution in [0.3, 0.4) is 0 Å². The normalized spacial score (nSPS) is 16.7. The predicted octanol–water partition coefficient (Wildman–Crippen LogP) is 2.15. The molecule has 9 heteroatoms. The molecule has 1 aromatic carbocycles. The summed E-state index contributed by atoms with van der Waals surface area (Å²) in [6.45, 7) is 4.65. The third-order valence-electron chi connectivity index (χ3n) is 6.15. The summed E-state index contributed by atoms with van der Waals surface area (Å²) in [6.07, 6.45) is 5.45. The van der Waals surface area contributed by atoms with Crippen molar-refractivity contribution in [2.24, 2.45) is 5.73 Å². The van der Waals surface area contributed by atoms with E-state index < -0.39 is 0 Å². The molecule has 2 N–H and O–H groups in total. The van der Waals surface area contributed by atoms with E-state index in [9.17, 15) is 4.79 Å². The van der Waals surface area contributed by atoms with Crippen molar-refractivity contribution in [1.82, 2.24) is 24.3 Å². The number of aromatic nitrogens is 5. The zero-order valence-corrected chi connectivity index (χ0v) is 18.4. The van der Waals surface area contributed by atoms with Crippen LogP contribution in [0.5, 0.6) is 5.75 Å². The number of fused-ring (bicyclic) bond motifs is 2. The largest absolute Gasteiger partial charge is 0.494 e. The van der Waals surface area contributed by atoms with E-state index in [4.69, 9.17) is 15.5 Å². The van der Waals surface area contributed by atoms with Gasteiger partial charge in [0.05, 0.1) is 19.9 Å². The molecule has 1 aliphatic heterocycles. The van der Waals surface area contributed by atoms with Crippen LogP contribution in [0, 0.1) is 0 Å². The molecule has 0 saturated carbocycles. The zero-order valence-electron chi connectivity index (χ0n) is 18.4. The molecule has 0 unspecified atom stereocenters. The van der Waals surface area contributed by atoms with E-state index in [1.54, 1.807) is 19.5 Å². The lowest BCUT2D eigenvalue weighted by atomic mass is 10.1. The third kappa shape index (κ3) is 3.38. The van der Waals surface area contributed by atoms with Crippen LogP contribution in [-0.2, 0) is 13.1 Å². The second-order valence-corrected chi connectivity index (χ2v) is 8.17. The number of benzene rings is 1. The Labute approximate surface area is 185 Å². The number of anilines is 1. The molecule has 4 aromatic rings. The number of pyridine rings is 1. The predicted molar refractivity (Wildman–Crippen MR) is 124 cm³/mol. The number of nitrogens with two attached hydrogens (primary N) is 1. The van der Waals surface area contributed by atoms with Crippen LogP contribution in [0.4, 0.5) is 5.95 Å². The maximum Gasteiger partial charge on any atom is 0.293 e. The Morgan fingerprint density at radius 2 is 2.16 bits per heavy atom. The highest BCUT2D eigenvalue weighted by Gasteiger charge is 2.24. The van der Waals surface area contributed by atoms with Gasteiger partial charge in [-0.15, -0.1) is 0 Å². The van der Waals surface area contributed by atoms with E-state index in [0.717, 1.165) is 48.3 Å². The molecule has 4 heterocycles. The summed E-state index contributed by atoms with van der Waals surface area (Å²) in [7, 11) is 1.63. The van der Waals surface area contributed by atoms with Crippen molar-refractivity contribution in [3.05, 3.63) is 52.6 Å². The van der Waals surface area contributed by atoms with Gasteiger partial charge in [-0.1, -0.05) is 12.1 Å². The number of ether oxygens (including phenoxy) is 1. The minimum Gasteiger partial charge on any atom is -0.494 e. The van der Waals surface area contributed by atoms with Crippen molar-refractivity contribution in [2.75, 3.05) is 25.1 Å². The summed E-state index contributed by atoms with van der Waals surface area (Å²) in [6, 6.07) is 7.83. The van der Waals surface area contributed by atoms with Gasteiger partial charge in [-0.3, -0.25) is 9.78 Å². The molecule has 1 fully saturated rings. The third-order valence-corrected chi connectivity index (χ3v) is 6.15. The van der Waals surface area contributed by atoms with Gasteiger partial charge in [-0.25, -0.2) is 9.67 Å². The van der Waals surface area contributed by atoms with E-state index in [1.807, 2.05) is 35.8 Å². The van der Waals surface area contributed by atoms with Gasteiger partial charge in [0, 0.05) is 37.3 Å². The highest BCUT2D eigenvalue weighted by atomic mass is 16.5. The SMILES string of the molecule is CCn1c(N2CCC[C@@H](N)C2)nc2cnn(Cc3ccc(OC)c4ncccc34)c(=O)c21. The molecule has 0 radical (unpaired) electrons. The maximum absolute atomic E-state index is 13.5. The molecular formula is C23H27N7O2. The number of imidazole rings is 1. The van der Waals surface area contributed by atoms with Crippen LogP contribution in [-0.4, -0.2) is 50.6 Å². The lowest BCUT2D eigenvalue weighted by molar-refractivity contribution is 0.418. The Kier molecular flexibility index (Phi) is 5.26. The lowest BCUT2D eigenvalue weighted by Crippen LogP contribution is -2.44. The summed E-state index contributed by atoms with van der Waals surface area (Å²) >= 11 is 0. The second-order valence-electron chi connectivity index (χ2n) is 8.17. The van der Waals surface area contributed by atoms with E-state index >= 15 is 0 Å². The van der Waals surface area contributed by atoms with Crippen molar-refractivity contribution in [1.29, 1.82) is 0 Å². The Hall–Kier alpha value is -3.46. The van der Waals surface area contributed by atoms with Gasteiger partial charge in [0.15, 0.2) is 0 Å². The van der Waals surface area contributed by atoms with E-state index in [0.29, 0.717) is 29.9 Å². The molecule has 0 aliphatic carbocycles. The van der Waals surface area contributed by atoms with Crippen molar-refractivity contribution >= 4 is 27.9 Å². The fraction of sp³-hybridized carbons (Fsp3) is 0.391. The van der Waals surface area contributed by atoms with Crippen LogP contribution in [0.1, 0.15) is 25.3 Å². The van der Waals surface area contributed by atoms with Gasteiger partial charge in [0.1, 0.15) is 22.3 Å². The highest BCUT2D eigenvalue weighted by Crippen LogP contribution is 2.27. The monoisotopic (exact) mass is 433 g/mol. The molecule has 0 amide bonds. The Morgan fingerprint density at radius 1 is 1.28 bits per heavy atom. The molecule has 166 valence electrons. The molecule has 3 aromatic heterocycles. The Balaban J connectivity index is 1.59. The summed E-state index contributed by atoms with van der Waals surface area (Å²) in [5.41, 5.74) is 8.94. The fourth-order valence-electron chi connectivity index (χ4n) is 4.59. The average molecular weight is 434 g/mol. The molecular weight excluding hydrogens is 406 g/mol. The number of hydrogen-bond acceptors (Lipinski definition) is 7. The first kappa shape index (κ1) is 20.4. The minimum atomic E-state index is -0.155. The number of piperidine rings is 1. The van der Waals surface area contributed by atoms with Crippen LogP contribution in [0.2, 0.25) is 0 Å². The molecule has 32 heavy (non-hydrogen) atoms. The quantitative estimate of drug-likeness (QED) is 0.514. The first-order valence-corrected chi connectivity index (χ1v) is 11.0. The summed E-state index contributed by atoms with van der Waals surface area (Å²) in [5.74, 6) is 1.50. The number of rotatable bonds is 5. The second kappa shape index (κ2) is 8.23. The number of methoxy groups -OCH3 is 1. The number of aryl methyl sites for hydroxylation is 1. The molecule has 1 saturated heterocycles. The van der Waals surface area contributed by atoms with E-state index in [-0.39, 0.29) is 11.6 Å². The minimum absolute atomic E-state index is 0.126. The molecule has 1 aliphatic rings. The van der Waals surface area contributed by atoms with Gasteiger partial charge in [-0.05, 0) is 37.5 Å². The summed E-state index contributed by atoms with van der Waals surface area (Å²) in [5, 5.41) is 5.37. The smallest absolute Gasteiger partial charge is 0.293 e. The standard InChI is InChI=1S/C23H27N7O2/c1-3-29-21-18(27-23(29)28-11-5-6-16(24)14-28)12-26-30(22(21)31)13-15-8-9-19(32-2)20-17(15)7-4-10-25-20/h4,7-10,12,16H,3,5-6,11,13-14,24H2,1-2H3/t16-/m1/s1. The summed E-state index contributed by atoms with van der Waals surface area (Å²) in [4.78, 5) is 24.9. The summed E-state index contributed by atoms with van der Waals surface area (Å²) < 4.78 is 8.92. The zero-order chi connectivity index (χ0) is 22.2. The molecule has 1 atom stereocenters. The number of hydrogen-bond donors (Lipinski definition) is 1. The van der Waals surface area contributed by atoms with E-state index in [1.165, 1.54) is 4.68 Å². The van der Waals surface area contributed by atoms with Crippen molar-refractivity contribution in [3.8, 4) is 5.75 Å². The molecule has 0 bridgehead atoms. The van der Waals surface area contributed by atoms with Gasteiger partial charge < -0.3 is 19.9 Å². The highest BCUT2D eigenvalue weighted by molar-refractivity contribution is 5.87. The fourth-order valence-corrected chi connectivity index (χ4v) is 4.59. The van der Waals surface area contributed by atoms with Crippen LogP contribution >= 0.6 is 0 Å². The van der Waals surface area contributed by atoms with Crippen molar-refractivity contribution in [2.45, 2.75) is 38.9 Å². The van der Waals surface area contributed by atoms with Gasteiger partial charge in [0.25, 0.3) is 5.56 Å².